The minimum Gasteiger partial charge on any atom is -0.341 e. The average molecular weight is 335 g/mol. The number of nitrogens with zero attached hydrogens (tertiary/aromatic N) is 2. The summed E-state index contributed by atoms with van der Waals surface area (Å²) in [6.45, 7) is 5.87. The molecule has 1 aromatic rings. The molecule has 128 valence electrons. The zero-order valence-corrected chi connectivity index (χ0v) is 15.5. The third kappa shape index (κ3) is 4.98. The summed E-state index contributed by atoms with van der Waals surface area (Å²) in [5.41, 5.74) is 1.43. The molecule has 0 unspecified atom stereocenters. The van der Waals surface area contributed by atoms with E-state index in [1.54, 1.807) is 0 Å². The molecule has 3 rings (SSSR count). The SMILES string of the molecule is CC.CN1CSC[C@@H]1C(=O)N1CCC(Cc2ccccc2)CC1. The Kier molecular flexibility index (Phi) is 7.44. The summed E-state index contributed by atoms with van der Waals surface area (Å²) in [5, 5.41) is 0. The first-order valence-corrected chi connectivity index (χ1v) is 10.00. The van der Waals surface area contributed by atoms with E-state index in [4.69, 9.17) is 0 Å². The summed E-state index contributed by atoms with van der Waals surface area (Å²) in [5.74, 6) is 3.02. The van der Waals surface area contributed by atoms with E-state index in [0.29, 0.717) is 5.91 Å². The fourth-order valence-corrected chi connectivity index (χ4v) is 4.49. The number of thioether (sulfide) groups is 1. The van der Waals surface area contributed by atoms with E-state index in [0.717, 1.165) is 49.9 Å². The number of piperidine rings is 1. The van der Waals surface area contributed by atoms with Gasteiger partial charge in [-0.1, -0.05) is 44.2 Å². The summed E-state index contributed by atoms with van der Waals surface area (Å²) in [6, 6.07) is 10.8. The fourth-order valence-electron chi connectivity index (χ4n) is 3.30. The van der Waals surface area contributed by atoms with Gasteiger partial charge in [0.25, 0.3) is 0 Å². The molecule has 1 atom stereocenters. The van der Waals surface area contributed by atoms with Crippen molar-refractivity contribution in [3.05, 3.63) is 35.9 Å². The van der Waals surface area contributed by atoms with Crippen molar-refractivity contribution in [3.63, 3.8) is 0 Å². The Balaban J connectivity index is 0.000000924. The van der Waals surface area contributed by atoms with Crippen molar-refractivity contribution in [1.82, 2.24) is 9.80 Å². The number of carbonyl (C=O) groups excluding carboxylic acids is 1. The number of hydrogen-bond acceptors (Lipinski definition) is 3. The second kappa shape index (κ2) is 9.33. The Morgan fingerprint density at radius 1 is 1.17 bits per heavy atom. The number of hydrogen-bond donors (Lipinski definition) is 0. The molecule has 1 amide bonds. The lowest BCUT2D eigenvalue weighted by molar-refractivity contribution is -0.136. The maximum atomic E-state index is 12.5. The average Bonchev–Trinajstić information content (AvgIpc) is 3.04. The van der Waals surface area contributed by atoms with Crippen LogP contribution in [0.2, 0.25) is 0 Å². The van der Waals surface area contributed by atoms with E-state index in [9.17, 15) is 4.79 Å². The molecule has 2 fully saturated rings. The van der Waals surface area contributed by atoms with Crippen LogP contribution in [0.25, 0.3) is 0 Å². The van der Waals surface area contributed by atoms with Gasteiger partial charge < -0.3 is 4.90 Å². The van der Waals surface area contributed by atoms with Crippen LogP contribution in [0.1, 0.15) is 32.3 Å². The normalized spacial score (nSPS) is 22.6. The van der Waals surface area contributed by atoms with Crippen molar-refractivity contribution in [2.45, 2.75) is 39.2 Å². The Labute approximate surface area is 145 Å². The third-order valence-electron chi connectivity index (χ3n) is 4.68. The van der Waals surface area contributed by atoms with Crippen molar-refractivity contribution < 1.29 is 4.79 Å². The highest BCUT2D eigenvalue weighted by Crippen LogP contribution is 2.25. The first kappa shape index (κ1) is 18.3. The largest absolute Gasteiger partial charge is 0.341 e. The summed E-state index contributed by atoms with van der Waals surface area (Å²) in [4.78, 5) is 16.8. The first-order valence-electron chi connectivity index (χ1n) is 8.85. The van der Waals surface area contributed by atoms with Gasteiger partial charge in [0.2, 0.25) is 5.91 Å². The van der Waals surface area contributed by atoms with E-state index in [1.165, 1.54) is 5.56 Å². The smallest absolute Gasteiger partial charge is 0.240 e. The summed E-state index contributed by atoms with van der Waals surface area (Å²) < 4.78 is 0. The second-order valence-electron chi connectivity index (χ2n) is 6.23. The van der Waals surface area contributed by atoms with Crippen LogP contribution >= 0.6 is 11.8 Å². The van der Waals surface area contributed by atoms with Crippen molar-refractivity contribution in [3.8, 4) is 0 Å². The molecule has 0 radical (unpaired) electrons. The van der Waals surface area contributed by atoms with Crippen LogP contribution in [0.5, 0.6) is 0 Å². The Morgan fingerprint density at radius 2 is 1.83 bits per heavy atom. The van der Waals surface area contributed by atoms with Crippen LogP contribution in [0, 0.1) is 5.92 Å². The van der Waals surface area contributed by atoms with Gasteiger partial charge in [0.05, 0.1) is 6.04 Å². The standard InChI is InChI=1S/C17H24N2OS.C2H6/c1-18-13-21-12-16(18)17(20)19-9-7-15(8-10-19)11-14-5-3-2-4-6-14;1-2/h2-6,15-16H,7-13H2,1H3;1-2H3/t16-;/m1./s1. The second-order valence-corrected chi connectivity index (χ2v) is 7.23. The molecule has 0 saturated carbocycles. The molecular weight excluding hydrogens is 304 g/mol. The highest BCUT2D eigenvalue weighted by Gasteiger charge is 2.33. The minimum absolute atomic E-state index is 0.112. The van der Waals surface area contributed by atoms with Gasteiger partial charge in [-0.05, 0) is 37.8 Å². The van der Waals surface area contributed by atoms with Crippen LogP contribution in [0.15, 0.2) is 30.3 Å². The lowest BCUT2D eigenvalue weighted by Gasteiger charge is -2.34. The molecule has 0 aliphatic carbocycles. The van der Waals surface area contributed by atoms with E-state index in [2.05, 4.69) is 47.2 Å². The van der Waals surface area contributed by atoms with Gasteiger partial charge in [0, 0.05) is 24.7 Å². The van der Waals surface area contributed by atoms with Crippen LogP contribution < -0.4 is 0 Å². The molecule has 2 aliphatic rings. The molecule has 2 heterocycles. The monoisotopic (exact) mass is 334 g/mol. The first-order chi connectivity index (χ1) is 11.2. The van der Waals surface area contributed by atoms with Crippen LogP contribution in [-0.2, 0) is 11.2 Å². The van der Waals surface area contributed by atoms with Crippen LogP contribution in [0.4, 0.5) is 0 Å². The van der Waals surface area contributed by atoms with Crippen molar-refractivity contribution in [2.24, 2.45) is 5.92 Å². The predicted molar refractivity (Wildman–Crippen MR) is 99.7 cm³/mol. The van der Waals surface area contributed by atoms with Gasteiger partial charge in [0.1, 0.15) is 0 Å². The van der Waals surface area contributed by atoms with Crippen LogP contribution in [0.3, 0.4) is 0 Å². The lowest BCUT2D eigenvalue weighted by Crippen LogP contribution is -2.48. The van der Waals surface area contributed by atoms with Gasteiger partial charge in [-0.2, -0.15) is 0 Å². The van der Waals surface area contributed by atoms with Gasteiger partial charge >= 0.3 is 0 Å². The fraction of sp³-hybridized carbons (Fsp3) is 0.632. The molecule has 1 aromatic carbocycles. The number of rotatable bonds is 3. The Hall–Kier alpha value is -1.00. The number of benzene rings is 1. The molecule has 3 nitrogen and oxygen atoms in total. The summed E-state index contributed by atoms with van der Waals surface area (Å²) in [7, 11) is 2.06. The number of carbonyl (C=O) groups is 1. The van der Waals surface area contributed by atoms with Gasteiger partial charge in [-0.15, -0.1) is 11.8 Å². The van der Waals surface area contributed by atoms with Crippen molar-refractivity contribution >= 4 is 17.7 Å². The Bertz CT molecular complexity index is 472. The molecule has 2 saturated heterocycles. The third-order valence-corrected chi connectivity index (χ3v) is 5.82. The molecule has 0 aromatic heterocycles. The topological polar surface area (TPSA) is 23.6 Å². The minimum atomic E-state index is 0.112. The van der Waals surface area contributed by atoms with E-state index in [1.807, 2.05) is 25.6 Å². The maximum Gasteiger partial charge on any atom is 0.240 e. The molecular formula is C19H30N2OS. The van der Waals surface area contributed by atoms with E-state index >= 15 is 0 Å². The zero-order chi connectivity index (χ0) is 16.7. The van der Waals surface area contributed by atoms with Crippen molar-refractivity contribution in [1.29, 1.82) is 0 Å². The molecule has 0 spiro atoms. The predicted octanol–water partition coefficient (Wildman–Crippen LogP) is 3.50. The molecule has 2 aliphatic heterocycles. The van der Waals surface area contributed by atoms with E-state index in [-0.39, 0.29) is 6.04 Å². The summed E-state index contributed by atoms with van der Waals surface area (Å²) in [6.07, 6.45) is 3.44. The highest BCUT2D eigenvalue weighted by atomic mass is 32.2. The number of likely N-dealkylation sites (tertiary alicyclic amines) is 1. The lowest BCUT2D eigenvalue weighted by atomic mass is 9.90. The molecule has 0 N–H and O–H groups in total. The molecule has 0 bridgehead atoms. The molecule has 23 heavy (non-hydrogen) atoms. The number of likely N-dealkylation sites (N-methyl/N-ethyl adjacent to an activating group) is 1. The Morgan fingerprint density at radius 3 is 2.39 bits per heavy atom. The number of amides is 1. The van der Waals surface area contributed by atoms with Gasteiger partial charge in [0.15, 0.2) is 0 Å². The summed E-state index contributed by atoms with van der Waals surface area (Å²) >= 11 is 1.86. The molecule has 4 heteroatoms. The van der Waals surface area contributed by atoms with Gasteiger partial charge in [-0.3, -0.25) is 9.69 Å². The van der Waals surface area contributed by atoms with Crippen molar-refractivity contribution in [2.75, 3.05) is 31.8 Å². The van der Waals surface area contributed by atoms with Gasteiger partial charge in [-0.25, -0.2) is 0 Å². The van der Waals surface area contributed by atoms with Crippen LogP contribution in [-0.4, -0.2) is 53.5 Å². The maximum absolute atomic E-state index is 12.5. The highest BCUT2D eigenvalue weighted by molar-refractivity contribution is 7.99. The van der Waals surface area contributed by atoms with E-state index < -0.39 is 0 Å². The quantitative estimate of drug-likeness (QED) is 0.845. The zero-order valence-electron chi connectivity index (χ0n) is 14.7.